The number of aliphatic hydroxyl groups is 2. The molecule has 0 amide bonds. The molecule has 0 unspecified atom stereocenters. The molecule has 2 N–H and O–H groups in total. The first kappa shape index (κ1) is 12.3. The number of hydrogen-bond acceptors (Lipinski definition) is 4. The van der Waals surface area contributed by atoms with Gasteiger partial charge in [0.25, 0.3) is 0 Å². The Morgan fingerprint density at radius 1 is 1.12 bits per heavy atom. The second kappa shape index (κ2) is 5.45. The van der Waals surface area contributed by atoms with E-state index in [2.05, 4.69) is 0 Å². The van der Waals surface area contributed by atoms with E-state index in [9.17, 15) is 10.2 Å². The molecule has 94 valence electrons. The Labute approximate surface area is 96.6 Å². The number of ether oxygens (including phenoxy) is 2. The molecule has 16 heavy (non-hydrogen) atoms. The Morgan fingerprint density at radius 3 is 2.44 bits per heavy atom. The molecule has 0 radical (unpaired) electrons. The van der Waals surface area contributed by atoms with Crippen molar-refractivity contribution in [3.05, 3.63) is 0 Å². The molecule has 4 heteroatoms. The van der Waals surface area contributed by atoms with Crippen LogP contribution < -0.4 is 0 Å². The Balaban J connectivity index is 1.81. The molecule has 1 saturated carbocycles. The summed E-state index contributed by atoms with van der Waals surface area (Å²) in [6, 6.07) is 0. The summed E-state index contributed by atoms with van der Waals surface area (Å²) in [5.41, 5.74) is 0. The lowest BCUT2D eigenvalue weighted by Crippen LogP contribution is -2.48. The molecule has 1 saturated heterocycles. The zero-order chi connectivity index (χ0) is 11.5. The van der Waals surface area contributed by atoms with E-state index in [-0.39, 0.29) is 18.5 Å². The van der Waals surface area contributed by atoms with Crippen LogP contribution in [0, 0.1) is 0 Å². The summed E-state index contributed by atoms with van der Waals surface area (Å²) in [6.07, 6.45) is 4.35. The monoisotopic (exact) mass is 230 g/mol. The fraction of sp³-hybridized carbons (Fsp3) is 1.00. The van der Waals surface area contributed by atoms with Gasteiger partial charge >= 0.3 is 0 Å². The van der Waals surface area contributed by atoms with E-state index in [0.29, 0.717) is 6.42 Å². The summed E-state index contributed by atoms with van der Waals surface area (Å²) >= 11 is 0. The zero-order valence-corrected chi connectivity index (χ0v) is 9.84. The maximum Gasteiger partial charge on any atom is 0.161 e. The highest BCUT2D eigenvalue weighted by atomic mass is 16.7. The van der Waals surface area contributed by atoms with Crippen molar-refractivity contribution in [1.29, 1.82) is 0 Å². The fourth-order valence-electron chi connectivity index (χ4n) is 2.53. The minimum absolute atomic E-state index is 0.272. The molecule has 0 aromatic rings. The third kappa shape index (κ3) is 2.94. The smallest absolute Gasteiger partial charge is 0.161 e. The van der Waals surface area contributed by atoms with Crippen LogP contribution in [0.1, 0.15) is 45.4 Å². The number of hydrogen-bond donors (Lipinski definition) is 2. The van der Waals surface area contributed by atoms with Crippen molar-refractivity contribution in [2.24, 2.45) is 0 Å². The average molecular weight is 230 g/mol. The van der Waals surface area contributed by atoms with Crippen LogP contribution in [0.4, 0.5) is 0 Å². The van der Waals surface area contributed by atoms with Gasteiger partial charge in [0.1, 0.15) is 6.10 Å². The van der Waals surface area contributed by atoms with Crippen molar-refractivity contribution in [1.82, 2.24) is 0 Å². The van der Waals surface area contributed by atoms with Gasteiger partial charge in [-0.3, -0.25) is 0 Å². The Kier molecular flexibility index (Phi) is 4.19. The molecular weight excluding hydrogens is 208 g/mol. The van der Waals surface area contributed by atoms with E-state index in [1.165, 1.54) is 19.3 Å². The van der Waals surface area contributed by atoms with Crippen molar-refractivity contribution < 1.29 is 19.7 Å². The van der Waals surface area contributed by atoms with E-state index in [4.69, 9.17) is 9.47 Å². The Hall–Kier alpha value is -0.160. The molecule has 2 rings (SSSR count). The van der Waals surface area contributed by atoms with E-state index < -0.39 is 12.2 Å². The standard InChI is InChI=1S/C12H22O4/c1-8-12(14)10(13)7-11(15-8)16-9-5-3-2-4-6-9/h8-14H,2-7H2,1H3/t8-,10+,11-,12-/m1/s1. The fourth-order valence-corrected chi connectivity index (χ4v) is 2.53. The molecule has 0 aromatic carbocycles. The molecule has 0 aromatic heterocycles. The first-order chi connectivity index (χ1) is 7.66. The van der Waals surface area contributed by atoms with Crippen molar-refractivity contribution in [3.8, 4) is 0 Å². The largest absolute Gasteiger partial charge is 0.390 e. The molecule has 1 aliphatic heterocycles. The van der Waals surface area contributed by atoms with Crippen LogP contribution in [0.3, 0.4) is 0 Å². The molecular formula is C12H22O4. The molecule has 2 aliphatic rings. The predicted molar refractivity (Wildman–Crippen MR) is 58.9 cm³/mol. The first-order valence-corrected chi connectivity index (χ1v) is 6.34. The summed E-state index contributed by atoms with van der Waals surface area (Å²) < 4.78 is 11.4. The second-order valence-electron chi connectivity index (χ2n) is 4.96. The zero-order valence-electron chi connectivity index (χ0n) is 9.84. The van der Waals surface area contributed by atoms with Gasteiger partial charge in [0.2, 0.25) is 0 Å². The highest BCUT2D eigenvalue weighted by Gasteiger charge is 2.35. The summed E-state index contributed by atoms with van der Waals surface area (Å²) in [6.45, 7) is 1.77. The van der Waals surface area contributed by atoms with E-state index in [1.807, 2.05) is 0 Å². The highest BCUT2D eigenvalue weighted by Crippen LogP contribution is 2.26. The summed E-state index contributed by atoms with van der Waals surface area (Å²) in [5.74, 6) is 0. The molecule has 1 heterocycles. The summed E-state index contributed by atoms with van der Waals surface area (Å²) in [5, 5.41) is 19.2. The van der Waals surface area contributed by atoms with Gasteiger partial charge in [-0.1, -0.05) is 19.3 Å². The van der Waals surface area contributed by atoms with Gasteiger partial charge < -0.3 is 19.7 Å². The normalized spacial score (nSPS) is 42.2. The van der Waals surface area contributed by atoms with Gasteiger partial charge in [-0.05, 0) is 19.8 Å². The van der Waals surface area contributed by atoms with E-state index >= 15 is 0 Å². The molecule has 4 nitrogen and oxygen atoms in total. The second-order valence-corrected chi connectivity index (χ2v) is 4.96. The third-order valence-corrected chi connectivity index (χ3v) is 3.57. The van der Waals surface area contributed by atoms with Crippen molar-refractivity contribution in [2.45, 2.75) is 76.2 Å². The topological polar surface area (TPSA) is 58.9 Å². The van der Waals surface area contributed by atoms with E-state index in [0.717, 1.165) is 12.8 Å². The van der Waals surface area contributed by atoms with Crippen LogP contribution in [-0.4, -0.2) is 40.9 Å². The van der Waals surface area contributed by atoms with Gasteiger partial charge in [-0.25, -0.2) is 0 Å². The van der Waals surface area contributed by atoms with Crippen molar-refractivity contribution in [3.63, 3.8) is 0 Å². The molecule has 0 bridgehead atoms. The first-order valence-electron chi connectivity index (χ1n) is 6.34. The van der Waals surface area contributed by atoms with Crippen LogP contribution in [0.2, 0.25) is 0 Å². The van der Waals surface area contributed by atoms with Gasteiger partial charge in [-0.15, -0.1) is 0 Å². The number of aliphatic hydroxyl groups excluding tert-OH is 2. The Bertz CT molecular complexity index is 203. The minimum Gasteiger partial charge on any atom is -0.390 e. The lowest BCUT2D eigenvalue weighted by atomic mass is 9.97. The Morgan fingerprint density at radius 2 is 1.81 bits per heavy atom. The predicted octanol–water partition coefficient (Wildman–Crippen LogP) is 1.19. The highest BCUT2D eigenvalue weighted by molar-refractivity contribution is 4.80. The van der Waals surface area contributed by atoms with Crippen LogP contribution in [0.15, 0.2) is 0 Å². The SMILES string of the molecule is C[C@H]1O[C@H](OC2CCCCC2)C[C@H](O)[C@@H]1O. The molecule has 1 aliphatic carbocycles. The van der Waals surface area contributed by atoms with Gasteiger partial charge in [0, 0.05) is 6.42 Å². The van der Waals surface area contributed by atoms with Crippen LogP contribution in [0.25, 0.3) is 0 Å². The van der Waals surface area contributed by atoms with Crippen LogP contribution in [-0.2, 0) is 9.47 Å². The summed E-state index contributed by atoms with van der Waals surface area (Å²) in [4.78, 5) is 0. The van der Waals surface area contributed by atoms with Gasteiger partial charge in [0.15, 0.2) is 6.29 Å². The minimum atomic E-state index is -0.786. The van der Waals surface area contributed by atoms with E-state index in [1.54, 1.807) is 6.92 Å². The van der Waals surface area contributed by atoms with Gasteiger partial charge in [0.05, 0.1) is 18.3 Å². The maximum absolute atomic E-state index is 9.64. The quantitative estimate of drug-likeness (QED) is 0.748. The maximum atomic E-state index is 9.64. The van der Waals surface area contributed by atoms with Crippen molar-refractivity contribution in [2.75, 3.05) is 0 Å². The molecule has 2 fully saturated rings. The lowest BCUT2D eigenvalue weighted by Gasteiger charge is -2.37. The van der Waals surface area contributed by atoms with Gasteiger partial charge in [-0.2, -0.15) is 0 Å². The van der Waals surface area contributed by atoms with Crippen molar-refractivity contribution >= 4 is 0 Å². The van der Waals surface area contributed by atoms with Crippen LogP contribution >= 0.6 is 0 Å². The third-order valence-electron chi connectivity index (χ3n) is 3.57. The molecule has 0 spiro atoms. The molecule has 4 atom stereocenters. The average Bonchev–Trinajstić information content (AvgIpc) is 2.27. The lowest BCUT2D eigenvalue weighted by molar-refractivity contribution is -0.261. The van der Waals surface area contributed by atoms with Crippen LogP contribution in [0.5, 0.6) is 0 Å². The summed E-state index contributed by atoms with van der Waals surface area (Å²) in [7, 11) is 0. The number of rotatable bonds is 2.